The van der Waals surface area contributed by atoms with Crippen LogP contribution in [0, 0.1) is 0 Å². The van der Waals surface area contributed by atoms with E-state index in [1.165, 1.54) is 11.8 Å². The molecule has 0 aliphatic carbocycles. The molecule has 0 atom stereocenters. The van der Waals surface area contributed by atoms with Crippen LogP contribution in [0.5, 0.6) is 0 Å². The van der Waals surface area contributed by atoms with E-state index in [2.05, 4.69) is 5.73 Å². The molecule has 0 bridgehead atoms. The number of hydrogen-bond acceptors (Lipinski definition) is 2. The zero-order chi connectivity index (χ0) is 5.70. The summed E-state index contributed by atoms with van der Waals surface area (Å²) in [6, 6.07) is 0. The smallest absolute Gasteiger partial charge is 0.132 e. The molecule has 0 amide bonds. The largest absolute Gasteiger partial charge is 0.505 e. The van der Waals surface area contributed by atoms with Crippen molar-refractivity contribution in [3.05, 3.63) is 16.9 Å². The zero-order valence-corrected chi connectivity index (χ0v) is 5.25. The molecule has 0 radical (unpaired) electrons. The molecule has 0 fully saturated rings. The lowest BCUT2D eigenvalue weighted by Gasteiger charge is -1.74. The van der Waals surface area contributed by atoms with Crippen LogP contribution in [-0.4, -0.2) is 11.4 Å². The zero-order valence-electron chi connectivity index (χ0n) is 4.43. The molecule has 1 N–H and O–H groups in total. The molecule has 0 saturated heterocycles. The Morgan fingerprint density at radius 3 is 2.57 bits per heavy atom. The van der Waals surface area contributed by atoms with Gasteiger partial charge in [0.15, 0.2) is 0 Å². The van der Waals surface area contributed by atoms with E-state index in [0.717, 1.165) is 0 Å². The average Bonchev–Trinajstić information content (AvgIpc) is 1.61. The summed E-state index contributed by atoms with van der Waals surface area (Å²) in [5.41, 5.74) is 2.61. The van der Waals surface area contributed by atoms with Gasteiger partial charge in [-0.05, 0) is 6.26 Å². The van der Waals surface area contributed by atoms with Gasteiger partial charge >= 0.3 is 0 Å². The summed E-state index contributed by atoms with van der Waals surface area (Å²) in [6.07, 6.45) is 1.91. The molecule has 0 aromatic heterocycles. The van der Waals surface area contributed by atoms with Crippen molar-refractivity contribution in [1.82, 2.24) is 0 Å². The highest BCUT2D eigenvalue weighted by Gasteiger charge is 1.66. The predicted octanol–water partition coefficient (Wildman–Crippen LogP) is 1.92. The van der Waals surface area contributed by atoms with Crippen molar-refractivity contribution in [3.63, 3.8) is 0 Å². The minimum atomic E-state index is 0.231. The third-order valence-corrected chi connectivity index (χ3v) is 0.739. The van der Waals surface area contributed by atoms with Gasteiger partial charge < -0.3 is 5.11 Å². The third kappa shape index (κ3) is 5.67. The minimum Gasteiger partial charge on any atom is -0.505 e. The monoisotopic (exact) mass is 116 g/mol. The number of rotatable bonds is 1. The fourth-order valence-electron chi connectivity index (χ4n) is 0.144. The van der Waals surface area contributed by atoms with Crippen molar-refractivity contribution in [1.29, 1.82) is 0 Å². The predicted molar refractivity (Wildman–Crippen MR) is 33.4 cm³/mol. The second-order valence-electron chi connectivity index (χ2n) is 1.08. The van der Waals surface area contributed by atoms with E-state index in [1.54, 1.807) is 12.3 Å². The van der Waals surface area contributed by atoms with E-state index in [9.17, 15) is 0 Å². The Balaban J connectivity index is 3.62. The van der Waals surface area contributed by atoms with Crippen LogP contribution in [0.15, 0.2) is 16.9 Å². The lowest BCUT2D eigenvalue weighted by atomic mass is 10.6. The van der Waals surface area contributed by atoms with Crippen molar-refractivity contribution < 1.29 is 5.11 Å². The molecule has 0 aromatic carbocycles. The Kier molecular flexibility index (Phi) is 3.67. The van der Waals surface area contributed by atoms with Gasteiger partial charge in [0, 0.05) is 12.3 Å². The molecular formula is C5H8OS. The van der Waals surface area contributed by atoms with E-state index in [-0.39, 0.29) is 5.76 Å². The molecule has 0 heterocycles. The molecule has 0 spiro atoms. The van der Waals surface area contributed by atoms with E-state index in [0.29, 0.717) is 0 Å². The summed E-state index contributed by atoms with van der Waals surface area (Å²) in [7, 11) is 0. The number of aliphatic hydroxyl groups is 1. The Labute approximate surface area is 47.7 Å². The van der Waals surface area contributed by atoms with Crippen LogP contribution in [-0.2, 0) is 0 Å². The first kappa shape index (κ1) is 6.67. The maximum Gasteiger partial charge on any atom is 0.132 e. The van der Waals surface area contributed by atoms with Crippen LogP contribution >= 0.6 is 11.8 Å². The van der Waals surface area contributed by atoms with Gasteiger partial charge in [-0.2, -0.15) is 0 Å². The Morgan fingerprint density at radius 1 is 1.86 bits per heavy atom. The van der Waals surface area contributed by atoms with Gasteiger partial charge in [-0.25, -0.2) is 0 Å². The maximum absolute atomic E-state index is 8.44. The first-order valence-corrected chi connectivity index (χ1v) is 3.19. The van der Waals surface area contributed by atoms with Crippen LogP contribution in [0.1, 0.15) is 6.92 Å². The highest BCUT2D eigenvalue weighted by molar-refractivity contribution is 8.01. The van der Waals surface area contributed by atoms with E-state index >= 15 is 0 Å². The molecule has 2 heteroatoms. The van der Waals surface area contributed by atoms with Gasteiger partial charge in [-0.3, -0.25) is 0 Å². The van der Waals surface area contributed by atoms with Gasteiger partial charge in [0.2, 0.25) is 0 Å². The minimum absolute atomic E-state index is 0.231. The molecule has 0 aliphatic rings. The lowest BCUT2D eigenvalue weighted by molar-refractivity contribution is 0.416. The molecule has 7 heavy (non-hydrogen) atoms. The third-order valence-electron chi connectivity index (χ3n) is 0.386. The van der Waals surface area contributed by atoms with E-state index < -0.39 is 0 Å². The molecule has 0 aromatic rings. The average molecular weight is 116 g/mol. The van der Waals surface area contributed by atoms with Crippen LogP contribution in [0.4, 0.5) is 0 Å². The molecule has 0 aliphatic heterocycles. The van der Waals surface area contributed by atoms with Crippen LogP contribution in [0.25, 0.3) is 0 Å². The number of allylic oxidation sites excluding steroid dienone is 1. The number of hydrogen-bond donors (Lipinski definition) is 1. The Hall–Kier alpha value is -0.330. The first-order chi connectivity index (χ1) is 3.27. The van der Waals surface area contributed by atoms with Gasteiger partial charge in [-0.15, -0.1) is 11.8 Å². The molecule has 40 valence electrons. The van der Waals surface area contributed by atoms with Gasteiger partial charge in [-0.1, -0.05) is 5.73 Å². The fraction of sp³-hybridized carbons (Fsp3) is 0.400. The highest BCUT2D eigenvalue weighted by atomic mass is 32.2. The quantitative estimate of drug-likeness (QED) is 0.417. The van der Waals surface area contributed by atoms with Crippen molar-refractivity contribution in [2.75, 3.05) is 6.26 Å². The first-order valence-electron chi connectivity index (χ1n) is 1.91. The second-order valence-corrected chi connectivity index (χ2v) is 1.79. The summed E-state index contributed by atoms with van der Waals surface area (Å²) in [6.45, 7) is 1.59. The summed E-state index contributed by atoms with van der Waals surface area (Å²) >= 11 is 1.51. The normalized spacial score (nSPS) is 7.14. The summed E-state index contributed by atoms with van der Waals surface area (Å²) in [4.78, 5) is 0. The van der Waals surface area contributed by atoms with Gasteiger partial charge in [0.05, 0.1) is 0 Å². The molecule has 1 nitrogen and oxygen atoms in total. The second kappa shape index (κ2) is 3.85. The standard InChI is InChI=1S/C5H8OS/c1-5(6)3-4-7-2/h4,6H,1-2H3. The van der Waals surface area contributed by atoms with E-state index in [1.807, 2.05) is 6.26 Å². The van der Waals surface area contributed by atoms with Gasteiger partial charge in [0.1, 0.15) is 5.76 Å². The van der Waals surface area contributed by atoms with Crippen molar-refractivity contribution >= 4 is 11.8 Å². The number of thioether (sulfide) groups is 1. The van der Waals surface area contributed by atoms with Crippen molar-refractivity contribution in [3.8, 4) is 0 Å². The molecule has 0 saturated carbocycles. The topological polar surface area (TPSA) is 20.2 Å². The summed E-state index contributed by atoms with van der Waals surface area (Å²) in [5, 5.41) is 10.1. The Bertz CT molecular complexity index is 96.6. The van der Waals surface area contributed by atoms with Crippen molar-refractivity contribution in [2.45, 2.75) is 6.92 Å². The number of aliphatic hydroxyl groups excluding tert-OH is 1. The highest BCUT2D eigenvalue weighted by Crippen LogP contribution is 1.91. The molecule has 0 unspecified atom stereocenters. The van der Waals surface area contributed by atoms with E-state index in [4.69, 9.17) is 5.11 Å². The summed E-state index contributed by atoms with van der Waals surface area (Å²) < 4.78 is 0. The van der Waals surface area contributed by atoms with Gasteiger partial charge in [0.25, 0.3) is 0 Å². The maximum atomic E-state index is 8.44. The van der Waals surface area contributed by atoms with Crippen LogP contribution < -0.4 is 0 Å². The summed E-state index contributed by atoms with van der Waals surface area (Å²) in [5.74, 6) is 0.231. The Morgan fingerprint density at radius 2 is 2.43 bits per heavy atom. The fourth-order valence-corrected chi connectivity index (χ4v) is 0.433. The van der Waals surface area contributed by atoms with Crippen molar-refractivity contribution in [2.24, 2.45) is 0 Å². The van der Waals surface area contributed by atoms with Crippen LogP contribution in [0.3, 0.4) is 0 Å². The molecular weight excluding hydrogens is 108 g/mol. The lowest BCUT2D eigenvalue weighted by Crippen LogP contribution is -1.58. The SMILES string of the molecule is CSC=C=C(C)O. The molecule has 0 rings (SSSR count). The van der Waals surface area contributed by atoms with Crippen LogP contribution in [0.2, 0.25) is 0 Å².